The molecule has 1 heterocycles. The number of carbonyl (C=O) groups excluding carboxylic acids is 1. The first-order chi connectivity index (χ1) is 14.8. The highest BCUT2D eigenvalue weighted by Crippen LogP contribution is 2.65. The molecule has 0 saturated heterocycles. The van der Waals surface area contributed by atoms with E-state index in [9.17, 15) is 9.90 Å². The van der Waals surface area contributed by atoms with E-state index in [2.05, 4.69) is 31.1 Å². The van der Waals surface area contributed by atoms with Crippen LogP contribution in [-0.2, 0) is 0 Å². The maximum atomic E-state index is 12.7. The summed E-state index contributed by atoms with van der Waals surface area (Å²) in [6, 6.07) is 5.71. The fraction of sp³-hybridized carbons (Fsp3) is 0.778. The molecule has 1 aromatic heterocycles. The molecule has 4 heteroatoms. The number of nitrogens with zero attached hydrogens (tertiary/aromatic N) is 1. The minimum atomic E-state index is -0.434. The molecule has 0 aliphatic heterocycles. The largest absolute Gasteiger partial charge is 0.390 e. The van der Waals surface area contributed by atoms with E-state index < -0.39 is 5.60 Å². The van der Waals surface area contributed by atoms with Crippen molar-refractivity contribution in [2.75, 3.05) is 0 Å². The van der Waals surface area contributed by atoms with Gasteiger partial charge in [-0.15, -0.1) is 0 Å². The number of aromatic nitrogens is 1. The summed E-state index contributed by atoms with van der Waals surface area (Å²) >= 11 is 0. The molecule has 31 heavy (non-hydrogen) atoms. The fourth-order valence-electron chi connectivity index (χ4n) is 8.82. The van der Waals surface area contributed by atoms with Crippen molar-refractivity contribution in [3.63, 3.8) is 0 Å². The van der Waals surface area contributed by atoms with E-state index in [-0.39, 0.29) is 11.9 Å². The Hall–Kier alpha value is -1.42. The Morgan fingerprint density at radius 3 is 2.65 bits per heavy atom. The third-order valence-electron chi connectivity index (χ3n) is 10.2. The number of hydrogen-bond donors (Lipinski definition) is 2. The molecule has 5 rings (SSSR count). The number of aliphatic hydroxyl groups is 1. The average molecular weight is 425 g/mol. The molecular formula is C27H40N2O2. The Labute approximate surface area is 187 Å². The van der Waals surface area contributed by atoms with E-state index >= 15 is 0 Å². The van der Waals surface area contributed by atoms with E-state index in [0.717, 1.165) is 42.4 Å². The van der Waals surface area contributed by atoms with Crippen LogP contribution in [0, 0.1) is 40.9 Å². The maximum Gasteiger partial charge on any atom is 0.270 e. The van der Waals surface area contributed by atoms with Crippen LogP contribution < -0.4 is 5.32 Å². The molecule has 1 unspecified atom stereocenters. The highest BCUT2D eigenvalue weighted by atomic mass is 16.3. The smallest absolute Gasteiger partial charge is 0.270 e. The molecule has 4 saturated carbocycles. The molecule has 9 atom stereocenters. The van der Waals surface area contributed by atoms with Crippen LogP contribution in [0.1, 0.15) is 89.0 Å². The SMILES string of the molecule is C[C@@H](NC(=O)c1ccccn1)C1CC[C@H]2[C@@H]3CC[C@@H]4C[C@](C)(O)CC[C@@H]4[C@H]3CC[C@]12C. The standard InChI is InChI=1S/C27H40N2O2/c1-17(29-25(30)24-6-4-5-15-28-24)22-9-10-23-21-8-7-18-16-26(2,31)13-11-19(18)20(21)12-14-27(22,23)3/h4-6,15,17-23,31H,7-14,16H2,1-3H3,(H,29,30)/t17-,18-,19+,20-,21-,22?,23+,26-,27-/m1/s1. The Kier molecular flexibility index (Phi) is 5.44. The highest BCUT2D eigenvalue weighted by molar-refractivity contribution is 5.92. The van der Waals surface area contributed by atoms with Gasteiger partial charge in [-0.3, -0.25) is 9.78 Å². The molecule has 0 bridgehead atoms. The maximum absolute atomic E-state index is 12.7. The van der Waals surface area contributed by atoms with Gasteiger partial charge >= 0.3 is 0 Å². The summed E-state index contributed by atoms with van der Waals surface area (Å²) in [5.74, 6) is 4.61. The van der Waals surface area contributed by atoms with Gasteiger partial charge in [0.15, 0.2) is 0 Å². The fourth-order valence-corrected chi connectivity index (χ4v) is 8.82. The number of pyridine rings is 1. The Morgan fingerprint density at radius 1 is 1.06 bits per heavy atom. The molecule has 1 aromatic rings. The van der Waals surface area contributed by atoms with Crippen molar-refractivity contribution in [1.29, 1.82) is 0 Å². The third kappa shape index (κ3) is 3.73. The summed E-state index contributed by atoms with van der Waals surface area (Å²) in [5, 5.41) is 13.9. The Morgan fingerprint density at radius 2 is 1.87 bits per heavy atom. The number of hydrogen-bond acceptors (Lipinski definition) is 3. The molecule has 4 aliphatic carbocycles. The van der Waals surface area contributed by atoms with Gasteiger partial charge < -0.3 is 10.4 Å². The summed E-state index contributed by atoms with van der Waals surface area (Å²) in [6.07, 6.45) is 12.8. The first-order valence-electron chi connectivity index (χ1n) is 12.7. The zero-order chi connectivity index (χ0) is 21.8. The minimum Gasteiger partial charge on any atom is -0.390 e. The second-order valence-corrected chi connectivity index (χ2v) is 11.9. The van der Waals surface area contributed by atoms with Gasteiger partial charge in [0.05, 0.1) is 5.60 Å². The molecule has 0 aromatic carbocycles. The number of rotatable bonds is 3. The van der Waals surface area contributed by atoms with Crippen molar-refractivity contribution < 1.29 is 9.90 Å². The Balaban J connectivity index is 1.28. The molecule has 2 N–H and O–H groups in total. The molecule has 4 nitrogen and oxygen atoms in total. The van der Waals surface area contributed by atoms with Gasteiger partial charge in [-0.25, -0.2) is 0 Å². The van der Waals surface area contributed by atoms with E-state index in [1.54, 1.807) is 12.3 Å². The summed E-state index contributed by atoms with van der Waals surface area (Å²) in [6.45, 7) is 6.80. The van der Waals surface area contributed by atoms with Crippen LogP contribution in [0.2, 0.25) is 0 Å². The van der Waals surface area contributed by atoms with Crippen LogP contribution in [0.4, 0.5) is 0 Å². The monoisotopic (exact) mass is 424 g/mol. The lowest BCUT2D eigenvalue weighted by Gasteiger charge is -2.57. The number of fused-ring (bicyclic) bond motifs is 5. The zero-order valence-electron chi connectivity index (χ0n) is 19.5. The van der Waals surface area contributed by atoms with Gasteiger partial charge in [-0.05, 0) is 125 Å². The van der Waals surface area contributed by atoms with Gasteiger partial charge in [0, 0.05) is 12.2 Å². The molecule has 170 valence electrons. The summed E-state index contributed by atoms with van der Waals surface area (Å²) in [7, 11) is 0. The molecule has 4 fully saturated rings. The second-order valence-electron chi connectivity index (χ2n) is 11.9. The average Bonchev–Trinajstić information content (AvgIpc) is 3.10. The lowest BCUT2D eigenvalue weighted by molar-refractivity contribution is -0.101. The van der Waals surface area contributed by atoms with E-state index in [0.29, 0.717) is 17.0 Å². The van der Waals surface area contributed by atoms with Crippen LogP contribution in [0.3, 0.4) is 0 Å². The second kappa shape index (κ2) is 7.86. The third-order valence-corrected chi connectivity index (χ3v) is 10.2. The molecular weight excluding hydrogens is 384 g/mol. The normalized spacial score (nSPS) is 45.2. The molecule has 0 radical (unpaired) electrons. The topological polar surface area (TPSA) is 62.2 Å². The van der Waals surface area contributed by atoms with Crippen LogP contribution in [0.25, 0.3) is 0 Å². The number of amides is 1. The van der Waals surface area contributed by atoms with E-state index in [1.165, 1.54) is 44.9 Å². The van der Waals surface area contributed by atoms with Gasteiger partial charge in [0.25, 0.3) is 5.91 Å². The van der Waals surface area contributed by atoms with E-state index in [1.807, 2.05) is 12.1 Å². The highest BCUT2D eigenvalue weighted by Gasteiger charge is 2.58. The predicted octanol–water partition coefficient (Wildman–Crippen LogP) is 5.22. The van der Waals surface area contributed by atoms with Gasteiger partial charge in [-0.2, -0.15) is 0 Å². The number of carbonyl (C=O) groups is 1. The van der Waals surface area contributed by atoms with Gasteiger partial charge in [0.2, 0.25) is 0 Å². The lowest BCUT2D eigenvalue weighted by atomic mass is 9.49. The number of nitrogens with one attached hydrogen (secondary N) is 1. The molecule has 0 spiro atoms. The lowest BCUT2D eigenvalue weighted by Crippen LogP contribution is -2.52. The van der Waals surface area contributed by atoms with Crippen LogP contribution >= 0.6 is 0 Å². The molecule has 4 aliphatic rings. The van der Waals surface area contributed by atoms with E-state index in [4.69, 9.17) is 0 Å². The summed E-state index contributed by atoms with van der Waals surface area (Å²) < 4.78 is 0. The summed E-state index contributed by atoms with van der Waals surface area (Å²) in [4.78, 5) is 16.9. The van der Waals surface area contributed by atoms with Crippen molar-refractivity contribution in [3.05, 3.63) is 30.1 Å². The van der Waals surface area contributed by atoms with Crippen LogP contribution in [0.5, 0.6) is 0 Å². The van der Waals surface area contributed by atoms with Crippen LogP contribution in [0.15, 0.2) is 24.4 Å². The minimum absolute atomic E-state index is 0.0383. The first-order valence-corrected chi connectivity index (χ1v) is 12.7. The van der Waals surface area contributed by atoms with Crippen molar-refractivity contribution in [2.24, 2.45) is 40.9 Å². The zero-order valence-corrected chi connectivity index (χ0v) is 19.5. The molecule has 1 amide bonds. The summed E-state index contributed by atoms with van der Waals surface area (Å²) in [5.41, 5.74) is 0.422. The van der Waals surface area contributed by atoms with Gasteiger partial charge in [0.1, 0.15) is 5.69 Å². The quantitative estimate of drug-likeness (QED) is 0.699. The van der Waals surface area contributed by atoms with Crippen LogP contribution in [-0.4, -0.2) is 27.6 Å². The Bertz CT molecular complexity index is 809. The van der Waals surface area contributed by atoms with Crippen molar-refractivity contribution in [2.45, 2.75) is 90.2 Å². The van der Waals surface area contributed by atoms with Crippen molar-refractivity contribution in [3.8, 4) is 0 Å². The van der Waals surface area contributed by atoms with Crippen molar-refractivity contribution in [1.82, 2.24) is 10.3 Å². The van der Waals surface area contributed by atoms with Gasteiger partial charge in [-0.1, -0.05) is 13.0 Å². The van der Waals surface area contributed by atoms with Crippen molar-refractivity contribution >= 4 is 5.91 Å². The predicted molar refractivity (Wildman–Crippen MR) is 122 cm³/mol. The first kappa shape index (κ1) is 21.4.